The Morgan fingerprint density at radius 2 is 1.94 bits per heavy atom. The molecule has 0 aliphatic rings. The summed E-state index contributed by atoms with van der Waals surface area (Å²) < 4.78 is 23.2. The highest BCUT2D eigenvalue weighted by molar-refractivity contribution is 7.90. The molecular weight excluding hydrogens is 250 g/mol. The molecule has 0 saturated carbocycles. The van der Waals surface area contributed by atoms with Crippen LogP contribution in [0.4, 0.5) is 0 Å². The van der Waals surface area contributed by atoms with Crippen molar-refractivity contribution in [3.8, 4) is 0 Å². The third-order valence-corrected chi connectivity index (χ3v) is 3.94. The van der Waals surface area contributed by atoms with Crippen LogP contribution in [-0.4, -0.2) is 26.6 Å². The smallest absolute Gasteiger partial charge is 0.224 e. The first-order valence-corrected chi connectivity index (χ1v) is 7.81. The molecule has 0 saturated heterocycles. The maximum absolute atomic E-state index is 11.8. The minimum atomic E-state index is -3.29. The Bertz CT molecular complexity index is 523. The van der Waals surface area contributed by atoms with Gasteiger partial charge in [0.05, 0.1) is 11.3 Å². The fourth-order valence-electron chi connectivity index (χ4n) is 1.61. The molecule has 1 amide bonds. The van der Waals surface area contributed by atoms with Crippen molar-refractivity contribution in [1.29, 1.82) is 0 Å². The second-order valence-corrected chi connectivity index (χ2v) is 6.42. The number of benzene rings is 1. The second kappa shape index (κ2) is 6.00. The summed E-state index contributed by atoms with van der Waals surface area (Å²) in [6, 6.07) is 6.70. The highest BCUT2D eigenvalue weighted by Gasteiger charge is 2.15. The van der Waals surface area contributed by atoms with Crippen LogP contribution in [0.1, 0.15) is 25.8 Å². The SMILES string of the molecule is CCC(C)NC(=O)Cc1ccccc1S(C)(=O)=O. The monoisotopic (exact) mass is 269 g/mol. The lowest BCUT2D eigenvalue weighted by atomic mass is 10.1. The average molecular weight is 269 g/mol. The van der Waals surface area contributed by atoms with Crippen molar-refractivity contribution in [2.45, 2.75) is 37.6 Å². The molecule has 1 N–H and O–H groups in total. The number of nitrogens with one attached hydrogen (secondary N) is 1. The molecule has 0 heterocycles. The first-order chi connectivity index (χ1) is 8.34. The van der Waals surface area contributed by atoms with E-state index in [0.29, 0.717) is 5.56 Å². The Kier molecular flexibility index (Phi) is 4.90. The largest absolute Gasteiger partial charge is 0.353 e. The van der Waals surface area contributed by atoms with Crippen LogP contribution in [0.15, 0.2) is 29.2 Å². The van der Waals surface area contributed by atoms with E-state index in [1.54, 1.807) is 18.2 Å². The zero-order valence-electron chi connectivity index (χ0n) is 10.9. The molecule has 0 aliphatic carbocycles. The van der Waals surface area contributed by atoms with Crippen LogP contribution in [0, 0.1) is 0 Å². The van der Waals surface area contributed by atoms with Gasteiger partial charge < -0.3 is 5.32 Å². The normalized spacial score (nSPS) is 13.1. The van der Waals surface area contributed by atoms with Crippen molar-refractivity contribution < 1.29 is 13.2 Å². The molecule has 0 aliphatic heterocycles. The Labute approximate surface area is 108 Å². The summed E-state index contributed by atoms with van der Waals surface area (Å²) >= 11 is 0. The lowest BCUT2D eigenvalue weighted by molar-refractivity contribution is -0.121. The molecule has 1 aromatic rings. The standard InChI is InChI=1S/C13H19NO3S/c1-4-10(2)14-13(15)9-11-7-5-6-8-12(11)18(3,16)17/h5-8,10H,4,9H2,1-3H3,(H,14,15). The van der Waals surface area contributed by atoms with Gasteiger partial charge in [-0.25, -0.2) is 8.42 Å². The zero-order valence-corrected chi connectivity index (χ0v) is 11.8. The van der Waals surface area contributed by atoms with Gasteiger partial charge in [0.2, 0.25) is 5.91 Å². The maximum Gasteiger partial charge on any atom is 0.224 e. The third kappa shape index (κ3) is 4.14. The van der Waals surface area contributed by atoms with Gasteiger partial charge in [0.1, 0.15) is 0 Å². The number of hydrogen-bond donors (Lipinski definition) is 1. The summed E-state index contributed by atoms with van der Waals surface area (Å²) in [7, 11) is -3.29. The molecule has 0 spiro atoms. The van der Waals surface area contributed by atoms with Gasteiger partial charge in [0, 0.05) is 12.3 Å². The molecule has 0 radical (unpaired) electrons. The predicted octanol–water partition coefficient (Wildman–Crippen LogP) is 1.55. The Morgan fingerprint density at radius 1 is 1.33 bits per heavy atom. The van der Waals surface area contributed by atoms with Gasteiger partial charge in [-0.3, -0.25) is 4.79 Å². The van der Waals surface area contributed by atoms with E-state index in [0.717, 1.165) is 12.7 Å². The lowest BCUT2D eigenvalue weighted by Crippen LogP contribution is -2.33. The van der Waals surface area contributed by atoms with Crippen molar-refractivity contribution in [2.75, 3.05) is 6.26 Å². The van der Waals surface area contributed by atoms with Crippen LogP contribution in [0.2, 0.25) is 0 Å². The zero-order chi connectivity index (χ0) is 13.8. The summed E-state index contributed by atoms with van der Waals surface area (Å²) in [6.45, 7) is 3.90. The number of rotatable bonds is 5. The van der Waals surface area contributed by atoms with Gasteiger partial charge in [-0.2, -0.15) is 0 Å². The van der Waals surface area contributed by atoms with E-state index in [-0.39, 0.29) is 23.3 Å². The third-order valence-electron chi connectivity index (χ3n) is 2.74. The lowest BCUT2D eigenvalue weighted by Gasteiger charge is -2.12. The van der Waals surface area contributed by atoms with Gasteiger partial charge in [-0.05, 0) is 25.0 Å². The maximum atomic E-state index is 11.8. The van der Waals surface area contributed by atoms with E-state index in [4.69, 9.17) is 0 Å². The summed E-state index contributed by atoms with van der Waals surface area (Å²) in [5.41, 5.74) is 0.542. The number of carbonyl (C=O) groups excluding carboxylic acids is 1. The fourth-order valence-corrected chi connectivity index (χ4v) is 2.55. The highest BCUT2D eigenvalue weighted by atomic mass is 32.2. The van der Waals surface area contributed by atoms with Crippen LogP contribution in [0.3, 0.4) is 0 Å². The molecule has 18 heavy (non-hydrogen) atoms. The second-order valence-electron chi connectivity index (χ2n) is 4.43. The molecule has 1 atom stereocenters. The van der Waals surface area contributed by atoms with Gasteiger partial charge in [0.25, 0.3) is 0 Å². The summed E-state index contributed by atoms with van der Waals surface area (Å²) in [5.74, 6) is -0.152. The summed E-state index contributed by atoms with van der Waals surface area (Å²) in [5, 5.41) is 2.82. The van der Waals surface area contributed by atoms with Gasteiger partial charge in [0.15, 0.2) is 9.84 Å². The molecule has 1 aromatic carbocycles. The van der Waals surface area contributed by atoms with E-state index in [1.165, 1.54) is 6.07 Å². The molecule has 100 valence electrons. The van der Waals surface area contributed by atoms with Crippen molar-refractivity contribution >= 4 is 15.7 Å². The fraction of sp³-hybridized carbons (Fsp3) is 0.462. The number of sulfone groups is 1. The first-order valence-electron chi connectivity index (χ1n) is 5.92. The molecule has 1 rings (SSSR count). The van der Waals surface area contributed by atoms with Gasteiger partial charge >= 0.3 is 0 Å². The number of carbonyl (C=O) groups is 1. The number of amides is 1. The molecular formula is C13H19NO3S. The molecule has 0 fully saturated rings. The minimum absolute atomic E-state index is 0.0909. The van der Waals surface area contributed by atoms with Crippen LogP contribution in [-0.2, 0) is 21.1 Å². The summed E-state index contributed by atoms with van der Waals surface area (Å²) in [4.78, 5) is 12.0. The van der Waals surface area contributed by atoms with E-state index < -0.39 is 9.84 Å². The van der Waals surface area contributed by atoms with Crippen LogP contribution >= 0.6 is 0 Å². The minimum Gasteiger partial charge on any atom is -0.353 e. The van der Waals surface area contributed by atoms with E-state index in [1.807, 2.05) is 13.8 Å². The van der Waals surface area contributed by atoms with Gasteiger partial charge in [-0.15, -0.1) is 0 Å². The molecule has 5 heteroatoms. The Morgan fingerprint density at radius 3 is 2.50 bits per heavy atom. The van der Waals surface area contributed by atoms with E-state index in [9.17, 15) is 13.2 Å². The molecule has 1 unspecified atom stereocenters. The quantitative estimate of drug-likeness (QED) is 0.882. The van der Waals surface area contributed by atoms with Crippen LogP contribution in [0.5, 0.6) is 0 Å². The van der Waals surface area contributed by atoms with E-state index >= 15 is 0 Å². The highest BCUT2D eigenvalue weighted by Crippen LogP contribution is 2.15. The van der Waals surface area contributed by atoms with Crippen LogP contribution in [0.25, 0.3) is 0 Å². The number of hydrogen-bond acceptors (Lipinski definition) is 3. The average Bonchev–Trinajstić information content (AvgIpc) is 2.27. The van der Waals surface area contributed by atoms with Crippen LogP contribution < -0.4 is 5.32 Å². The van der Waals surface area contributed by atoms with Crippen molar-refractivity contribution in [3.05, 3.63) is 29.8 Å². The summed E-state index contributed by atoms with van der Waals surface area (Å²) in [6.07, 6.45) is 2.09. The van der Waals surface area contributed by atoms with Crippen molar-refractivity contribution in [1.82, 2.24) is 5.32 Å². The predicted molar refractivity (Wildman–Crippen MR) is 71.2 cm³/mol. The molecule has 0 bridgehead atoms. The van der Waals surface area contributed by atoms with E-state index in [2.05, 4.69) is 5.32 Å². The van der Waals surface area contributed by atoms with Crippen molar-refractivity contribution in [2.24, 2.45) is 0 Å². The van der Waals surface area contributed by atoms with Crippen molar-refractivity contribution in [3.63, 3.8) is 0 Å². The first kappa shape index (κ1) is 14.7. The Balaban J connectivity index is 2.89. The van der Waals surface area contributed by atoms with Gasteiger partial charge in [-0.1, -0.05) is 25.1 Å². The molecule has 4 nitrogen and oxygen atoms in total. The topological polar surface area (TPSA) is 63.2 Å². The Hall–Kier alpha value is -1.36. The molecule has 0 aromatic heterocycles.